The highest BCUT2D eigenvalue weighted by molar-refractivity contribution is 7.89. The number of carboxylic acid groups (broad SMARTS) is 1. The molecular weight excluding hydrogens is 649 g/mol. The van der Waals surface area contributed by atoms with E-state index >= 15 is 0 Å². The van der Waals surface area contributed by atoms with Crippen LogP contribution in [0, 0.1) is 12.8 Å². The quantitative estimate of drug-likeness (QED) is 0.332. The van der Waals surface area contributed by atoms with E-state index in [1.807, 2.05) is 20.8 Å². The lowest BCUT2D eigenvalue weighted by Gasteiger charge is -2.43. The maximum absolute atomic E-state index is 13.7. The number of sulfonamides is 1. The molecule has 0 amide bonds. The van der Waals surface area contributed by atoms with Gasteiger partial charge in [0.25, 0.3) is 10.1 Å². The largest absolute Gasteiger partial charge is 0.573 e. The van der Waals surface area contributed by atoms with Crippen LogP contribution in [0.1, 0.15) is 36.1 Å². The van der Waals surface area contributed by atoms with Crippen molar-refractivity contribution in [2.24, 2.45) is 5.92 Å². The number of ether oxygens (including phenoxy) is 1. The van der Waals surface area contributed by atoms with Crippen molar-refractivity contribution in [3.8, 4) is 5.75 Å². The first-order chi connectivity index (χ1) is 21.3. The Labute approximate surface area is 266 Å². The molecule has 46 heavy (non-hydrogen) atoms. The van der Waals surface area contributed by atoms with E-state index in [1.54, 1.807) is 42.5 Å². The number of alkyl halides is 3. The number of hydrogen-bond acceptors (Lipinski definition) is 7. The molecule has 1 heterocycles. The Morgan fingerprint density at radius 3 is 2.02 bits per heavy atom. The molecule has 0 spiro atoms. The number of rotatable bonds is 7. The molecule has 250 valence electrons. The van der Waals surface area contributed by atoms with Crippen LogP contribution in [-0.4, -0.2) is 73.2 Å². The van der Waals surface area contributed by atoms with E-state index in [4.69, 9.17) is 4.55 Å². The van der Waals surface area contributed by atoms with Gasteiger partial charge in [-0.2, -0.15) is 12.7 Å². The van der Waals surface area contributed by atoms with Crippen molar-refractivity contribution < 1.29 is 49.2 Å². The van der Waals surface area contributed by atoms with E-state index in [9.17, 15) is 39.9 Å². The fourth-order valence-corrected chi connectivity index (χ4v) is 8.50. The van der Waals surface area contributed by atoms with Crippen LogP contribution in [0.4, 0.5) is 13.2 Å². The summed E-state index contributed by atoms with van der Waals surface area (Å²) in [6.07, 6.45) is -4.24. The summed E-state index contributed by atoms with van der Waals surface area (Å²) in [5.74, 6) is -1.85. The third kappa shape index (κ3) is 8.64. The second kappa shape index (κ2) is 13.7. The molecule has 2 aliphatic rings. The second-order valence-corrected chi connectivity index (χ2v) is 14.8. The van der Waals surface area contributed by atoms with Gasteiger partial charge in [0.05, 0.1) is 15.7 Å². The van der Waals surface area contributed by atoms with E-state index < -0.39 is 38.4 Å². The van der Waals surface area contributed by atoms with Gasteiger partial charge in [-0.25, -0.2) is 8.42 Å². The number of benzene rings is 3. The monoisotopic (exact) mass is 684 g/mol. The van der Waals surface area contributed by atoms with Gasteiger partial charge in [-0.15, -0.1) is 13.2 Å². The van der Waals surface area contributed by atoms with Crippen LogP contribution in [0.2, 0.25) is 0 Å². The highest BCUT2D eigenvalue weighted by atomic mass is 32.2. The molecule has 3 aromatic rings. The lowest BCUT2D eigenvalue weighted by molar-refractivity contribution is -0.274. The summed E-state index contributed by atoms with van der Waals surface area (Å²) >= 11 is 0. The van der Waals surface area contributed by atoms with Crippen molar-refractivity contribution in [1.82, 2.24) is 9.21 Å². The van der Waals surface area contributed by atoms with Crippen LogP contribution in [0.5, 0.6) is 5.75 Å². The number of carboxylic acids is 1. The van der Waals surface area contributed by atoms with Crippen LogP contribution < -0.4 is 4.74 Å². The fraction of sp³-hybridized carbons (Fsp3) is 0.387. The first-order valence-electron chi connectivity index (χ1n) is 14.3. The third-order valence-electron chi connectivity index (χ3n) is 7.85. The molecule has 0 saturated carbocycles. The first kappa shape index (κ1) is 35.4. The number of aliphatic carboxylic acids is 1. The van der Waals surface area contributed by atoms with Crippen molar-refractivity contribution in [2.45, 2.75) is 68.4 Å². The Balaban J connectivity index is 0.000000369. The summed E-state index contributed by atoms with van der Waals surface area (Å²) in [6, 6.07) is 15.9. The number of nitrogens with zero attached hydrogens (tertiary/aromatic N) is 2. The molecular formula is C31H35F3N2O8S2. The molecule has 3 atom stereocenters. The maximum Gasteiger partial charge on any atom is 0.573 e. The van der Waals surface area contributed by atoms with Crippen molar-refractivity contribution in [1.29, 1.82) is 0 Å². The highest BCUT2D eigenvalue weighted by Gasteiger charge is 2.41. The molecule has 1 fully saturated rings. The SMILES string of the molecule is C[C@@H]1CN(Cc2ccc(OC(F)(F)F)cc2)C[C@H](C)N1S(=O)(=O)c1cccc2c1C[C@@H](C(=O)O)C2.Cc1ccc(S(=O)(=O)O)cc1. The molecule has 3 aromatic carbocycles. The van der Waals surface area contributed by atoms with Gasteiger partial charge in [0, 0.05) is 31.7 Å². The normalized spacial score (nSPS) is 20.8. The summed E-state index contributed by atoms with van der Waals surface area (Å²) in [4.78, 5) is 13.7. The van der Waals surface area contributed by atoms with Crippen LogP contribution >= 0.6 is 0 Å². The summed E-state index contributed by atoms with van der Waals surface area (Å²) in [7, 11) is -7.88. The van der Waals surface area contributed by atoms with E-state index in [1.165, 1.54) is 28.6 Å². The zero-order chi connectivity index (χ0) is 34.0. The molecule has 15 heteroatoms. The van der Waals surface area contributed by atoms with Crippen molar-refractivity contribution in [2.75, 3.05) is 13.1 Å². The van der Waals surface area contributed by atoms with E-state index in [2.05, 4.69) is 9.64 Å². The fourth-order valence-electron chi connectivity index (χ4n) is 5.93. The number of hydrogen-bond donors (Lipinski definition) is 2. The lowest BCUT2D eigenvalue weighted by atomic mass is 10.1. The standard InChI is InChI=1S/C24H27F3N2O5S.C7H8O3S/c1-15-12-28(14-17-6-8-20(9-7-17)34-24(25,26)27)13-16(2)29(15)35(32,33)22-5-3-4-18-10-19(23(30)31)11-21(18)22;1-6-2-4-7(5-3-6)11(8,9)10/h3-9,15-16,19H,10-14H2,1-2H3,(H,30,31);2-5H,1H3,(H,8,9,10)/t15-,16+,19-;/m0./s1. The third-order valence-corrected chi connectivity index (χ3v) is 10.9. The smallest absolute Gasteiger partial charge is 0.481 e. The van der Waals surface area contributed by atoms with Crippen molar-refractivity contribution in [3.63, 3.8) is 0 Å². The minimum absolute atomic E-state index is 0.0666. The topological polar surface area (TPSA) is 142 Å². The van der Waals surface area contributed by atoms with Crippen LogP contribution in [-0.2, 0) is 44.3 Å². The number of halogens is 3. The zero-order valence-corrected chi connectivity index (χ0v) is 26.9. The Bertz CT molecular complexity index is 1750. The lowest BCUT2D eigenvalue weighted by Crippen LogP contribution is -2.58. The van der Waals surface area contributed by atoms with Gasteiger partial charge in [0.15, 0.2) is 0 Å². The molecule has 0 radical (unpaired) electrons. The number of carbonyl (C=O) groups is 1. The number of aryl methyl sites for hydroxylation is 1. The summed E-state index contributed by atoms with van der Waals surface area (Å²) in [5, 5.41) is 9.40. The van der Waals surface area contributed by atoms with Gasteiger partial charge in [-0.1, -0.05) is 42.0 Å². The van der Waals surface area contributed by atoms with Gasteiger partial charge in [-0.3, -0.25) is 14.2 Å². The molecule has 1 aliphatic carbocycles. The van der Waals surface area contributed by atoms with Gasteiger partial charge in [-0.05, 0) is 80.6 Å². The van der Waals surface area contributed by atoms with Gasteiger partial charge in [0.1, 0.15) is 5.75 Å². The van der Waals surface area contributed by atoms with E-state index in [-0.39, 0.29) is 34.0 Å². The van der Waals surface area contributed by atoms with E-state index in [0.717, 1.165) is 16.7 Å². The molecule has 0 aromatic heterocycles. The summed E-state index contributed by atoms with van der Waals surface area (Å²) in [5.41, 5.74) is 3.09. The molecule has 0 unspecified atom stereocenters. The minimum Gasteiger partial charge on any atom is -0.481 e. The number of fused-ring (bicyclic) bond motifs is 1. The zero-order valence-electron chi connectivity index (χ0n) is 25.3. The van der Waals surface area contributed by atoms with Gasteiger partial charge in [0.2, 0.25) is 10.0 Å². The molecule has 10 nitrogen and oxygen atoms in total. The Kier molecular flexibility index (Phi) is 10.5. The van der Waals surface area contributed by atoms with Crippen LogP contribution in [0.3, 0.4) is 0 Å². The predicted octanol–water partition coefficient (Wildman–Crippen LogP) is 4.91. The van der Waals surface area contributed by atoms with E-state index in [0.29, 0.717) is 31.6 Å². The maximum atomic E-state index is 13.7. The minimum atomic E-state index is -4.75. The van der Waals surface area contributed by atoms with Crippen LogP contribution in [0.25, 0.3) is 0 Å². The Morgan fingerprint density at radius 2 is 1.50 bits per heavy atom. The molecule has 2 N–H and O–H groups in total. The summed E-state index contributed by atoms with van der Waals surface area (Å²) < 4.78 is 99.5. The molecule has 1 saturated heterocycles. The summed E-state index contributed by atoms with van der Waals surface area (Å²) in [6.45, 7) is 6.82. The predicted molar refractivity (Wildman–Crippen MR) is 162 cm³/mol. The Morgan fingerprint density at radius 1 is 0.913 bits per heavy atom. The molecule has 1 aliphatic heterocycles. The van der Waals surface area contributed by atoms with Gasteiger partial charge >= 0.3 is 12.3 Å². The molecule has 5 rings (SSSR count). The van der Waals surface area contributed by atoms with Crippen LogP contribution in [0.15, 0.2) is 76.5 Å². The first-order valence-corrected chi connectivity index (χ1v) is 17.2. The highest BCUT2D eigenvalue weighted by Crippen LogP contribution is 2.35. The number of piperazine rings is 1. The van der Waals surface area contributed by atoms with Gasteiger partial charge < -0.3 is 9.84 Å². The van der Waals surface area contributed by atoms with Crippen molar-refractivity contribution >= 4 is 26.1 Å². The Hall–Kier alpha value is -3.50. The second-order valence-electron chi connectivity index (χ2n) is 11.5. The average Bonchev–Trinajstić information content (AvgIpc) is 3.38. The molecule has 0 bridgehead atoms. The average molecular weight is 685 g/mol. The van der Waals surface area contributed by atoms with Crippen molar-refractivity contribution in [3.05, 3.63) is 89.0 Å².